The van der Waals surface area contributed by atoms with E-state index < -0.39 is 0 Å². The van der Waals surface area contributed by atoms with Crippen molar-refractivity contribution in [3.8, 4) is 5.75 Å². The number of benzene rings is 1. The van der Waals surface area contributed by atoms with E-state index in [0.717, 1.165) is 54.5 Å². The third-order valence-corrected chi connectivity index (χ3v) is 5.13. The number of nitrogens with two attached hydrogens (primary N) is 1. The third kappa shape index (κ3) is 3.32. The van der Waals surface area contributed by atoms with Gasteiger partial charge in [-0.15, -0.1) is 0 Å². The summed E-state index contributed by atoms with van der Waals surface area (Å²) in [4.78, 5) is 12.7. The molecule has 1 aromatic rings. The van der Waals surface area contributed by atoms with Gasteiger partial charge in [-0.05, 0) is 30.5 Å². The van der Waals surface area contributed by atoms with E-state index in [1.807, 2.05) is 6.07 Å². The van der Waals surface area contributed by atoms with Crippen molar-refractivity contribution >= 4 is 21.7 Å². The van der Waals surface area contributed by atoms with Crippen LogP contribution in [0.2, 0.25) is 0 Å². The quantitative estimate of drug-likeness (QED) is 0.849. The molecule has 2 unspecified atom stereocenters. The number of ether oxygens (including phenoxy) is 1. The number of halogens is 1. The zero-order valence-electron chi connectivity index (χ0n) is 12.2. The molecule has 1 heterocycles. The van der Waals surface area contributed by atoms with Crippen LogP contribution in [0.25, 0.3) is 0 Å². The van der Waals surface area contributed by atoms with E-state index in [2.05, 4.69) is 22.0 Å². The smallest absolute Gasteiger partial charge is 0.142 e. The number of hydrogen-bond donors (Lipinski definition) is 1. The summed E-state index contributed by atoms with van der Waals surface area (Å²) < 4.78 is 6.75. The Morgan fingerprint density at radius 2 is 2.10 bits per heavy atom. The van der Waals surface area contributed by atoms with Gasteiger partial charge in [0, 0.05) is 34.8 Å². The van der Waals surface area contributed by atoms with Gasteiger partial charge in [0.05, 0.1) is 6.61 Å². The molecule has 2 atom stereocenters. The molecule has 3 nitrogen and oxygen atoms in total. The van der Waals surface area contributed by atoms with Gasteiger partial charge in [-0.25, -0.2) is 0 Å². The number of ketones is 1. The van der Waals surface area contributed by atoms with Crippen LogP contribution in [0.15, 0.2) is 16.6 Å². The standard InChI is InChI=1S/C17H22BrNO2/c18-13-8-11-6-7-21-17(11)12(9-13)10-16(20)14-4-2-1-3-5-15(14)19/h8-9,14-15H,1-7,10,19H2. The van der Waals surface area contributed by atoms with Crippen molar-refractivity contribution in [1.29, 1.82) is 0 Å². The van der Waals surface area contributed by atoms with Gasteiger partial charge in [0.2, 0.25) is 0 Å². The highest BCUT2D eigenvalue weighted by atomic mass is 79.9. The molecule has 1 aromatic carbocycles. The predicted octanol–water partition coefficient (Wildman–Crippen LogP) is 3.40. The molecule has 0 spiro atoms. The minimum absolute atomic E-state index is 0.0172. The Morgan fingerprint density at radius 3 is 2.95 bits per heavy atom. The Kier molecular flexibility index (Phi) is 4.65. The number of carbonyl (C=O) groups excluding carboxylic acids is 1. The van der Waals surface area contributed by atoms with Gasteiger partial charge in [-0.2, -0.15) is 0 Å². The van der Waals surface area contributed by atoms with Crippen molar-refractivity contribution in [2.45, 2.75) is 51.0 Å². The van der Waals surface area contributed by atoms with Crippen molar-refractivity contribution in [1.82, 2.24) is 0 Å². The molecule has 1 fully saturated rings. The van der Waals surface area contributed by atoms with Crippen LogP contribution in [0.5, 0.6) is 5.75 Å². The van der Waals surface area contributed by atoms with Gasteiger partial charge in [-0.1, -0.05) is 35.2 Å². The molecule has 0 bridgehead atoms. The molecule has 4 heteroatoms. The van der Waals surface area contributed by atoms with Crippen molar-refractivity contribution in [2.24, 2.45) is 11.7 Å². The minimum atomic E-state index is 0.0172. The Hall–Kier alpha value is -0.870. The van der Waals surface area contributed by atoms with Crippen LogP contribution in [0.3, 0.4) is 0 Å². The summed E-state index contributed by atoms with van der Waals surface area (Å²) in [6.45, 7) is 0.718. The first-order chi connectivity index (χ1) is 10.1. The van der Waals surface area contributed by atoms with Gasteiger partial charge >= 0.3 is 0 Å². The lowest BCUT2D eigenvalue weighted by atomic mass is 9.87. The second-order valence-electron chi connectivity index (χ2n) is 6.20. The molecule has 0 radical (unpaired) electrons. The van der Waals surface area contributed by atoms with E-state index in [1.54, 1.807) is 0 Å². The van der Waals surface area contributed by atoms with Crippen molar-refractivity contribution in [3.05, 3.63) is 27.7 Å². The lowest BCUT2D eigenvalue weighted by Crippen LogP contribution is -2.35. The fourth-order valence-electron chi connectivity index (χ4n) is 3.53. The molecule has 1 saturated carbocycles. The predicted molar refractivity (Wildman–Crippen MR) is 86.6 cm³/mol. The summed E-state index contributed by atoms with van der Waals surface area (Å²) in [5.74, 6) is 1.22. The van der Waals surface area contributed by atoms with Crippen molar-refractivity contribution in [3.63, 3.8) is 0 Å². The van der Waals surface area contributed by atoms with Gasteiger partial charge in [0.25, 0.3) is 0 Å². The average Bonchev–Trinajstić information content (AvgIpc) is 2.80. The molecule has 3 rings (SSSR count). The van der Waals surface area contributed by atoms with Crippen LogP contribution in [-0.4, -0.2) is 18.4 Å². The molecule has 1 aliphatic carbocycles. The average molecular weight is 352 g/mol. The maximum atomic E-state index is 12.7. The number of Topliss-reactive ketones (excluding diaryl/α,β-unsaturated/α-hetero) is 1. The third-order valence-electron chi connectivity index (χ3n) is 4.67. The van der Waals surface area contributed by atoms with Crippen LogP contribution >= 0.6 is 15.9 Å². The van der Waals surface area contributed by atoms with Crippen LogP contribution in [0, 0.1) is 5.92 Å². The first-order valence-corrected chi connectivity index (χ1v) is 8.67. The summed E-state index contributed by atoms with van der Waals surface area (Å²) in [5, 5.41) is 0. The van der Waals surface area contributed by atoms with Crippen LogP contribution in [0.4, 0.5) is 0 Å². The van der Waals surface area contributed by atoms with Gasteiger partial charge in [-0.3, -0.25) is 4.79 Å². The second-order valence-corrected chi connectivity index (χ2v) is 7.12. The fraction of sp³-hybridized carbons (Fsp3) is 0.588. The molecule has 114 valence electrons. The zero-order valence-corrected chi connectivity index (χ0v) is 13.8. The van der Waals surface area contributed by atoms with Gasteiger partial charge < -0.3 is 10.5 Å². The number of hydrogen-bond acceptors (Lipinski definition) is 3. The second kappa shape index (κ2) is 6.49. The lowest BCUT2D eigenvalue weighted by molar-refractivity contribution is -0.123. The summed E-state index contributed by atoms with van der Waals surface area (Å²) in [5.41, 5.74) is 8.43. The molecular weight excluding hydrogens is 330 g/mol. The SMILES string of the molecule is NC1CCCCCC1C(=O)Cc1cc(Br)cc2c1OCC2. The maximum absolute atomic E-state index is 12.7. The number of carbonyl (C=O) groups is 1. The molecule has 21 heavy (non-hydrogen) atoms. The molecule has 2 aliphatic rings. The Morgan fingerprint density at radius 1 is 1.29 bits per heavy atom. The maximum Gasteiger partial charge on any atom is 0.142 e. The van der Waals surface area contributed by atoms with E-state index in [4.69, 9.17) is 10.5 Å². The molecule has 0 saturated heterocycles. The fourth-order valence-corrected chi connectivity index (χ4v) is 4.08. The molecule has 1 aliphatic heterocycles. The van der Waals surface area contributed by atoms with Crippen molar-refractivity contribution in [2.75, 3.05) is 6.61 Å². The van der Waals surface area contributed by atoms with Gasteiger partial charge in [0.15, 0.2) is 0 Å². The van der Waals surface area contributed by atoms with Gasteiger partial charge in [0.1, 0.15) is 11.5 Å². The summed E-state index contributed by atoms with van der Waals surface area (Å²) in [6, 6.07) is 4.14. The molecule has 0 aromatic heterocycles. The highest BCUT2D eigenvalue weighted by Gasteiger charge is 2.28. The zero-order chi connectivity index (χ0) is 14.8. The topological polar surface area (TPSA) is 52.3 Å². The number of fused-ring (bicyclic) bond motifs is 1. The van der Waals surface area contributed by atoms with E-state index in [9.17, 15) is 4.79 Å². The van der Waals surface area contributed by atoms with E-state index in [1.165, 1.54) is 12.0 Å². The van der Waals surface area contributed by atoms with Crippen LogP contribution < -0.4 is 10.5 Å². The van der Waals surface area contributed by atoms with E-state index in [0.29, 0.717) is 6.42 Å². The first kappa shape index (κ1) is 15.0. The minimum Gasteiger partial charge on any atom is -0.493 e. The highest BCUT2D eigenvalue weighted by molar-refractivity contribution is 9.10. The number of rotatable bonds is 3. The molecular formula is C17H22BrNO2. The highest BCUT2D eigenvalue weighted by Crippen LogP contribution is 2.34. The van der Waals surface area contributed by atoms with Crippen LogP contribution in [0.1, 0.15) is 43.2 Å². The van der Waals surface area contributed by atoms with E-state index in [-0.39, 0.29) is 17.7 Å². The largest absolute Gasteiger partial charge is 0.493 e. The first-order valence-electron chi connectivity index (χ1n) is 7.87. The Balaban J connectivity index is 1.78. The molecule has 2 N–H and O–H groups in total. The van der Waals surface area contributed by atoms with Crippen molar-refractivity contribution < 1.29 is 9.53 Å². The summed E-state index contributed by atoms with van der Waals surface area (Å²) in [7, 11) is 0. The summed E-state index contributed by atoms with van der Waals surface area (Å²) >= 11 is 3.53. The lowest BCUT2D eigenvalue weighted by Gasteiger charge is -2.20. The molecule has 0 amide bonds. The van der Waals surface area contributed by atoms with E-state index >= 15 is 0 Å². The normalized spacial score (nSPS) is 25.0. The Labute approximate surface area is 134 Å². The monoisotopic (exact) mass is 351 g/mol. The Bertz CT molecular complexity index is 544. The van der Waals surface area contributed by atoms with Crippen LogP contribution in [-0.2, 0) is 17.6 Å². The summed E-state index contributed by atoms with van der Waals surface area (Å²) in [6.07, 6.45) is 6.77.